The summed E-state index contributed by atoms with van der Waals surface area (Å²) in [4.78, 5) is 0. The van der Waals surface area contributed by atoms with Gasteiger partial charge in [0, 0.05) is 0 Å². The Morgan fingerprint density at radius 1 is 1.18 bits per heavy atom. The Morgan fingerprint density at radius 3 is 2.09 bits per heavy atom. The maximum atomic E-state index is 3.85. The largest absolute Gasteiger partial charge is 0.0998 e. The second-order valence-electron chi connectivity index (χ2n) is 3.02. The van der Waals surface area contributed by atoms with E-state index in [2.05, 4.69) is 46.4 Å². The van der Waals surface area contributed by atoms with Crippen molar-refractivity contribution in [1.82, 2.24) is 0 Å². The second kappa shape index (κ2) is 4.95. The van der Waals surface area contributed by atoms with Gasteiger partial charge in [0.2, 0.25) is 0 Å². The maximum absolute atomic E-state index is 3.85. The Balaban J connectivity index is 4.12. The molecule has 0 aliphatic carbocycles. The molecule has 0 aromatic rings. The molecule has 62 valence electrons. The van der Waals surface area contributed by atoms with Crippen LogP contribution in [0.4, 0.5) is 0 Å². The highest BCUT2D eigenvalue weighted by Gasteiger charge is 1.89. The van der Waals surface area contributed by atoms with Gasteiger partial charge in [0.1, 0.15) is 0 Å². The van der Waals surface area contributed by atoms with Gasteiger partial charge in [-0.05, 0) is 34.1 Å². The van der Waals surface area contributed by atoms with Gasteiger partial charge in [-0.2, -0.15) is 0 Å². The number of hydrogen-bond donors (Lipinski definition) is 0. The minimum Gasteiger partial charge on any atom is -0.0998 e. The fourth-order valence-corrected chi connectivity index (χ4v) is 0.716. The van der Waals surface area contributed by atoms with Gasteiger partial charge in [-0.15, -0.1) is 0 Å². The molecule has 0 aromatic carbocycles. The standard InChI is InChI=1S/C11H18/c1-6-10(4)11(5)8-7-9(2)3/h6,8H,2,7H2,1,3-5H3/b10-6+,11-8+. The lowest BCUT2D eigenvalue weighted by Crippen LogP contribution is -1.79. The molecule has 11 heavy (non-hydrogen) atoms. The van der Waals surface area contributed by atoms with Gasteiger partial charge >= 0.3 is 0 Å². The van der Waals surface area contributed by atoms with Crippen molar-refractivity contribution in [3.63, 3.8) is 0 Å². The van der Waals surface area contributed by atoms with E-state index in [9.17, 15) is 0 Å². The molecule has 0 saturated carbocycles. The summed E-state index contributed by atoms with van der Waals surface area (Å²) in [6.45, 7) is 12.2. The highest BCUT2D eigenvalue weighted by atomic mass is 14.0. The average Bonchev–Trinajstić information content (AvgIpc) is 1.98. The zero-order valence-corrected chi connectivity index (χ0v) is 8.07. The minimum absolute atomic E-state index is 0.997. The van der Waals surface area contributed by atoms with Gasteiger partial charge in [0.25, 0.3) is 0 Å². The summed E-state index contributed by atoms with van der Waals surface area (Å²) in [6.07, 6.45) is 5.35. The van der Waals surface area contributed by atoms with Crippen LogP contribution in [0, 0.1) is 0 Å². The summed E-state index contributed by atoms with van der Waals surface area (Å²) >= 11 is 0. The van der Waals surface area contributed by atoms with Crippen LogP contribution in [-0.4, -0.2) is 0 Å². The molecule has 0 rings (SSSR count). The first-order valence-corrected chi connectivity index (χ1v) is 4.02. The SMILES string of the molecule is C=C(C)C/C=C(C)/C(C)=C/C. The molecule has 0 unspecified atom stereocenters. The zero-order valence-electron chi connectivity index (χ0n) is 8.07. The Hall–Kier alpha value is -0.780. The predicted octanol–water partition coefficient (Wildman–Crippen LogP) is 3.87. The van der Waals surface area contributed by atoms with Crippen molar-refractivity contribution in [2.24, 2.45) is 0 Å². The Bertz CT molecular complexity index is 192. The van der Waals surface area contributed by atoms with Gasteiger partial charge < -0.3 is 0 Å². The first-order chi connectivity index (χ1) is 5.07. The van der Waals surface area contributed by atoms with Crippen molar-refractivity contribution >= 4 is 0 Å². The van der Waals surface area contributed by atoms with Crippen molar-refractivity contribution < 1.29 is 0 Å². The van der Waals surface area contributed by atoms with Crippen LogP contribution in [0.25, 0.3) is 0 Å². The van der Waals surface area contributed by atoms with Crippen LogP contribution in [0.3, 0.4) is 0 Å². The van der Waals surface area contributed by atoms with Crippen LogP contribution in [0.15, 0.2) is 35.5 Å². The molecule has 0 aliphatic heterocycles. The van der Waals surface area contributed by atoms with Crippen molar-refractivity contribution in [3.8, 4) is 0 Å². The summed E-state index contributed by atoms with van der Waals surface area (Å²) in [5.74, 6) is 0. The molecule has 0 atom stereocenters. The molecular weight excluding hydrogens is 132 g/mol. The van der Waals surface area contributed by atoms with Crippen LogP contribution >= 0.6 is 0 Å². The molecule has 0 fully saturated rings. The molecule has 0 nitrogen and oxygen atoms in total. The van der Waals surface area contributed by atoms with Crippen molar-refractivity contribution in [3.05, 3.63) is 35.5 Å². The highest BCUT2D eigenvalue weighted by Crippen LogP contribution is 2.10. The van der Waals surface area contributed by atoms with Crippen molar-refractivity contribution in [2.45, 2.75) is 34.1 Å². The molecule has 0 aliphatic rings. The molecule has 0 bridgehead atoms. The number of hydrogen-bond acceptors (Lipinski definition) is 0. The van der Waals surface area contributed by atoms with Crippen LogP contribution in [-0.2, 0) is 0 Å². The van der Waals surface area contributed by atoms with Crippen LogP contribution in [0.2, 0.25) is 0 Å². The van der Waals surface area contributed by atoms with Gasteiger partial charge in [0.05, 0.1) is 0 Å². The van der Waals surface area contributed by atoms with Crippen molar-refractivity contribution in [1.29, 1.82) is 0 Å². The second-order valence-corrected chi connectivity index (χ2v) is 3.02. The molecule has 0 amide bonds. The lowest BCUT2D eigenvalue weighted by Gasteiger charge is -1.99. The summed E-state index contributed by atoms with van der Waals surface area (Å²) in [6, 6.07) is 0. The topological polar surface area (TPSA) is 0 Å². The lowest BCUT2D eigenvalue weighted by molar-refractivity contribution is 1.18. The van der Waals surface area contributed by atoms with Crippen LogP contribution in [0.5, 0.6) is 0 Å². The van der Waals surface area contributed by atoms with Gasteiger partial charge in [0.15, 0.2) is 0 Å². The summed E-state index contributed by atoms with van der Waals surface area (Å²) in [5.41, 5.74) is 3.93. The normalized spacial score (nSPS) is 13.5. The zero-order chi connectivity index (χ0) is 8.85. The monoisotopic (exact) mass is 150 g/mol. The van der Waals surface area contributed by atoms with Gasteiger partial charge in [-0.3, -0.25) is 0 Å². The Labute approximate surface area is 70.3 Å². The van der Waals surface area contributed by atoms with Crippen molar-refractivity contribution in [2.75, 3.05) is 0 Å². The molecule has 0 spiro atoms. The summed E-state index contributed by atoms with van der Waals surface area (Å²) in [5, 5.41) is 0. The third-order valence-corrected chi connectivity index (χ3v) is 1.81. The Kier molecular flexibility index (Phi) is 4.60. The molecule has 0 saturated heterocycles. The third-order valence-electron chi connectivity index (χ3n) is 1.81. The first-order valence-electron chi connectivity index (χ1n) is 4.02. The molecule has 0 N–H and O–H groups in total. The van der Waals surface area contributed by atoms with Crippen LogP contribution in [0.1, 0.15) is 34.1 Å². The fraction of sp³-hybridized carbons (Fsp3) is 0.455. The maximum Gasteiger partial charge on any atom is -0.0138 e. The molecule has 0 heteroatoms. The van der Waals surface area contributed by atoms with E-state index >= 15 is 0 Å². The summed E-state index contributed by atoms with van der Waals surface area (Å²) in [7, 11) is 0. The average molecular weight is 150 g/mol. The molecular formula is C11H18. The lowest BCUT2D eigenvalue weighted by atomic mass is 10.1. The van der Waals surface area contributed by atoms with E-state index in [4.69, 9.17) is 0 Å². The molecule has 0 heterocycles. The number of rotatable bonds is 3. The van der Waals surface area contributed by atoms with Crippen LogP contribution < -0.4 is 0 Å². The third kappa shape index (κ3) is 4.60. The molecule has 0 radical (unpaired) electrons. The first kappa shape index (κ1) is 10.2. The fourth-order valence-electron chi connectivity index (χ4n) is 0.716. The van der Waals surface area contributed by atoms with E-state index in [1.807, 2.05) is 0 Å². The molecule has 0 aromatic heterocycles. The van der Waals surface area contributed by atoms with E-state index in [0.717, 1.165) is 6.42 Å². The Morgan fingerprint density at radius 2 is 1.73 bits per heavy atom. The minimum atomic E-state index is 0.997. The predicted molar refractivity (Wildman–Crippen MR) is 52.6 cm³/mol. The highest BCUT2D eigenvalue weighted by molar-refractivity contribution is 5.27. The van der Waals surface area contributed by atoms with E-state index in [-0.39, 0.29) is 0 Å². The van der Waals surface area contributed by atoms with E-state index in [1.165, 1.54) is 16.7 Å². The number of allylic oxidation sites excluding steroid dienone is 5. The quantitative estimate of drug-likeness (QED) is 0.423. The van der Waals surface area contributed by atoms with E-state index in [1.54, 1.807) is 0 Å². The van der Waals surface area contributed by atoms with E-state index in [0.29, 0.717) is 0 Å². The van der Waals surface area contributed by atoms with Gasteiger partial charge in [-0.1, -0.05) is 35.5 Å². The van der Waals surface area contributed by atoms with Gasteiger partial charge in [-0.25, -0.2) is 0 Å². The van der Waals surface area contributed by atoms with E-state index < -0.39 is 0 Å². The summed E-state index contributed by atoms with van der Waals surface area (Å²) < 4.78 is 0. The smallest absolute Gasteiger partial charge is 0.0138 e.